The van der Waals surface area contributed by atoms with Crippen LogP contribution in [-0.2, 0) is 21.4 Å². The van der Waals surface area contributed by atoms with Gasteiger partial charge in [0.15, 0.2) is 0 Å². The molecule has 162 valence electrons. The molecule has 3 aromatic rings. The van der Waals surface area contributed by atoms with Gasteiger partial charge in [-0.25, -0.2) is 13.1 Å². The number of carbonyl (C=O) groups is 1. The number of nitrogens with one attached hydrogen (secondary N) is 2. The SMILES string of the molecule is CC(C)C(NC(=O)/C=C/c1ccc(S(=O)(=O)NCc2ccco2)cc1)c1ccccc1. The molecule has 2 N–H and O–H groups in total. The van der Waals surface area contributed by atoms with Crippen molar-refractivity contribution in [3.05, 3.63) is 96.0 Å². The molecule has 1 amide bonds. The molecule has 0 bridgehead atoms. The van der Waals surface area contributed by atoms with Crippen LogP contribution >= 0.6 is 0 Å². The molecule has 0 spiro atoms. The largest absolute Gasteiger partial charge is 0.468 e. The van der Waals surface area contributed by atoms with Crippen LogP contribution in [0, 0.1) is 5.92 Å². The van der Waals surface area contributed by atoms with Crippen LogP contribution in [0.25, 0.3) is 6.08 Å². The lowest BCUT2D eigenvalue weighted by Crippen LogP contribution is -2.30. The summed E-state index contributed by atoms with van der Waals surface area (Å²) in [5.74, 6) is 0.557. The first-order valence-corrected chi connectivity index (χ1v) is 11.5. The maximum atomic E-state index is 12.4. The fourth-order valence-electron chi connectivity index (χ4n) is 3.09. The highest BCUT2D eigenvalue weighted by atomic mass is 32.2. The molecular formula is C24H26N2O4S. The number of benzene rings is 2. The van der Waals surface area contributed by atoms with Crippen molar-refractivity contribution in [3.63, 3.8) is 0 Å². The minimum Gasteiger partial charge on any atom is -0.468 e. The molecule has 1 aromatic heterocycles. The molecule has 1 heterocycles. The molecule has 0 saturated carbocycles. The normalized spacial score (nSPS) is 12.9. The number of hydrogen-bond donors (Lipinski definition) is 2. The summed E-state index contributed by atoms with van der Waals surface area (Å²) in [5, 5.41) is 3.03. The monoisotopic (exact) mass is 438 g/mol. The molecule has 1 unspecified atom stereocenters. The second kappa shape index (κ2) is 10.2. The van der Waals surface area contributed by atoms with Crippen LogP contribution in [-0.4, -0.2) is 14.3 Å². The van der Waals surface area contributed by atoms with Crippen molar-refractivity contribution in [2.45, 2.75) is 31.3 Å². The van der Waals surface area contributed by atoms with Gasteiger partial charge in [-0.1, -0.05) is 56.3 Å². The van der Waals surface area contributed by atoms with Gasteiger partial charge in [-0.15, -0.1) is 0 Å². The molecule has 7 heteroatoms. The van der Waals surface area contributed by atoms with Crippen molar-refractivity contribution in [2.24, 2.45) is 5.92 Å². The minimum absolute atomic E-state index is 0.0790. The van der Waals surface area contributed by atoms with Gasteiger partial charge in [0.2, 0.25) is 15.9 Å². The Bertz CT molecular complexity index is 1100. The summed E-state index contributed by atoms with van der Waals surface area (Å²) in [7, 11) is -3.65. The molecule has 0 aliphatic rings. The van der Waals surface area contributed by atoms with Gasteiger partial charge in [0.1, 0.15) is 5.76 Å². The minimum atomic E-state index is -3.65. The number of furan rings is 1. The summed E-state index contributed by atoms with van der Waals surface area (Å²) in [6.07, 6.45) is 4.60. The zero-order valence-electron chi connectivity index (χ0n) is 17.5. The van der Waals surface area contributed by atoms with Gasteiger partial charge in [-0.2, -0.15) is 0 Å². The van der Waals surface area contributed by atoms with E-state index in [4.69, 9.17) is 4.42 Å². The Morgan fingerprint density at radius 1 is 1.00 bits per heavy atom. The molecule has 1 atom stereocenters. The second-order valence-corrected chi connectivity index (χ2v) is 9.21. The van der Waals surface area contributed by atoms with E-state index in [2.05, 4.69) is 23.9 Å². The van der Waals surface area contributed by atoms with Gasteiger partial charge in [-0.05, 0) is 47.4 Å². The topological polar surface area (TPSA) is 88.4 Å². The third kappa shape index (κ3) is 6.41. The number of amides is 1. The zero-order chi connectivity index (χ0) is 22.3. The van der Waals surface area contributed by atoms with E-state index in [9.17, 15) is 13.2 Å². The first-order valence-electron chi connectivity index (χ1n) is 10.0. The summed E-state index contributed by atoms with van der Waals surface area (Å²) in [6.45, 7) is 4.19. The van der Waals surface area contributed by atoms with Crippen LogP contribution < -0.4 is 10.0 Å². The lowest BCUT2D eigenvalue weighted by molar-refractivity contribution is -0.117. The van der Waals surface area contributed by atoms with E-state index in [1.807, 2.05) is 30.3 Å². The molecule has 0 aliphatic carbocycles. The first-order chi connectivity index (χ1) is 14.8. The number of sulfonamides is 1. The van der Waals surface area contributed by atoms with Crippen LogP contribution in [0.3, 0.4) is 0 Å². The molecular weight excluding hydrogens is 412 g/mol. The van der Waals surface area contributed by atoms with E-state index in [1.54, 1.807) is 30.3 Å². The van der Waals surface area contributed by atoms with Crippen LogP contribution in [0.5, 0.6) is 0 Å². The average molecular weight is 439 g/mol. The van der Waals surface area contributed by atoms with Gasteiger partial charge in [0, 0.05) is 6.08 Å². The van der Waals surface area contributed by atoms with Crippen LogP contribution in [0.1, 0.15) is 36.8 Å². The maximum absolute atomic E-state index is 12.4. The van der Waals surface area contributed by atoms with Gasteiger partial charge in [0.25, 0.3) is 0 Å². The van der Waals surface area contributed by atoms with Crippen molar-refractivity contribution in [3.8, 4) is 0 Å². The standard InChI is InChI=1S/C24H26N2O4S/c1-18(2)24(20-7-4-3-5-8-20)26-23(27)15-12-19-10-13-22(14-11-19)31(28,29)25-17-21-9-6-16-30-21/h3-16,18,24-25H,17H2,1-2H3,(H,26,27)/b15-12+. The Morgan fingerprint density at radius 2 is 1.71 bits per heavy atom. The Morgan fingerprint density at radius 3 is 2.32 bits per heavy atom. The number of rotatable bonds is 9. The van der Waals surface area contributed by atoms with Gasteiger partial charge in [0.05, 0.1) is 23.7 Å². The molecule has 0 fully saturated rings. The fourth-order valence-corrected chi connectivity index (χ4v) is 4.08. The van der Waals surface area contributed by atoms with Crippen LogP contribution in [0.15, 0.2) is 88.4 Å². The highest BCUT2D eigenvalue weighted by Gasteiger charge is 2.17. The van der Waals surface area contributed by atoms with Crippen LogP contribution in [0.2, 0.25) is 0 Å². The highest BCUT2D eigenvalue weighted by molar-refractivity contribution is 7.89. The summed E-state index contributed by atoms with van der Waals surface area (Å²) in [6, 6.07) is 19.5. The van der Waals surface area contributed by atoms with E-state index in [0.717, 1.165) is 11.1 Å². The third-order valence-electron chi connectivity index (χ3n) is 4.76. The smallest absolute Gasteiger partial charge is 0.244 e. The van der Waals surface area contributed by atoms with Gasteiger partial charge < -0.3 is 9.73 Å². The molecule has 0 aliphatic heterocycles. The summed E-state index contributed by atoms with van der Waals surface area (Å²) in [4.78, 5) is 12.6. The molecule has 2 aromatic carbocycles. The quantitative estimate of drug-likeness (QED) is 0.488. The Labute approximate surface area is 183 Å². The van der Waals surface area contributed by atoms with E-state index in [0.29, 0.717) is 5.76 Å². The Balaban J connectivity index is 1.61. The van der Waals surface area contributed by atoms with Crippen molar-refractivity contribution >= 4 is 22.0 Å². The van der Waals surface area contributed by atoms with E-state index in [-0.39, 0.29) is 29.3 Å². The van der Waals surface area contributed by atoms with E-state index < -0.39 is 10.0 Å². The van der Waals surface area contributed by atoms with Gasteiger partial charge >= 0.3 is 0 Å². The maximum Gasteiger partial charge on any atom is 0.244 e. The average Bonchev–Trinajstić information content (AvgIpc) is 3.29. The molecule has 31 heavy (non-hydrogen) atoms. The molecule has 3 rings (SSSR count). The second-order valence-electron chi connectivity index (χ2n) is 7.45. The van der Waals surface area contributed by atoms with Crippen molar-refractivity contribution in [1.82, 2.24) is 10.0 Å². The summed E-state index contributed by atoms with van der Waals surface area (Å²) < 4.78 is 32.4. The predicted molar refractivity (Wildman–Crippen MR) is 120 cm³/mol. The third-order valence-corrected chi connectivity index (χ3v) is 6.17. The Kier molecular flexibility index (Phi) is 7.44. The van der Waals surface area contributed by atoms with E-state index in [1.165, 1.54) is 24.5 Å². The molecule has 0 radical (unpaired) electrons. The van der Waals surface area contributed by atoms with Gasteiger partial charge in [-0.3, -0.25) is 4.79 Å². The predicted octanol–water partition coefficient (Wildman–Crippen LogP) is 4.28. The summed E-state index contributed by atoms with van der Waals surface area (Å²) >= 11 is 0. The lowest BCUT2D eigenvalue weighted by atomic mass is 9.96. The highest BCUT2D eigenvalue weighted by Crippen LogP contribution is 2.21. The lowest BCUT2D eigenvalue weighted by Gasteiger charge is -2.22. The van der Waals surface area contributed by atoms with Crippen molar-refractivity contribution < 1.29 is 17.6 Å². The first kappa shape index (κ1) is 22.5. The number of carbonyl (C=O) groups excluding carboxylic acids is 1. The van der Waals surface area contributed by atoms with Crippen molar-refractivity contribution in [2.75, 3.05) is 0 Å². The fraction of sp³-hybridized carbons (Fsp3) is 0.208. The summed E-state index contributed by atoms with van der Waals surface area (Å²) in [5.41, 5.74) is 1.77. The van der Waals surface area contributed by atoms with Crippen LogP contribution in [0.4, 0.5) is 0 Å². The Hall–Kier alpha value is -3.16. The zero-order valence-corrected chi connectivity index (χ0v) is 18.3. The van der Waals surface area contributed by atoms with E-state index >= 15 is 0 Å². The molecule has 6 nitrogen and oxygen atoms in total. The molecule has 0 saturated heterocycles. The van der Waals surface area contributed by atoms with Crippen molar-refractivity contribution in [1.29, 1.82) is 0 Å². The number of hydrogen-bond acceptors (Lipinski definition) is 4.